The third kappa shape index (κ3) is 2.27. The second-order valence-electron chi connectivity index (χ2n) is 3.48. The van der Waals surface area contributed by atoms with E-state index >= 15 is 0 Å². The quantitative estimate of drug-likeness (QED) is 0.762. The van der Waals surface area contributed by atoms with Gasteiger partial charge in [0.2, 0.25) is 0 Å². The molecule has 1 saturated heterocycles. The fourth-order valence-corrected chi connectivity index (χ4v) is 1.35. The van der Waals surface area contributed by atoms with Gasteiger partial charge in [0, 0.05) is 5.69 Å². The molecule has 1 aliphatic rings. The highest BCUT2D eigenvalue weighted by Crippen LogP contribution is 2.23. The number of ether oxygens (including phenoxy) is 2. The SMILES string of the molecule is COc1ccc(NC(=O)[C@@H]2O[C@@H]2C)cc1. The van der Waals surface area contributed by atoms with Gasteiger partial charge in [-0.2, -0.15) is 0 Å². The Kier molecular flexibility index (Phi) is 2.60. The largest absolute Gasteiger partial charge is 0.497 e. The van der Waals surface area contributed by atoms with Gasteiger partial charge in [-0.05, 0) is 31.2 Å². The maximum atomic E-state index is 11.5. The van der Waals surface area contributed by atoms with Crippen molar-refractivity contribution in [3.05, 3.63) is 24.3 Å². The van der Waals surface area contributed by atoms with Crippen molar-refractivity contribution in [1.82, 2.24) is 0 Å². The minimum absolute atomic E-state index is 0.0447. The summed E-state index contributed by atoms with van der Waals surface area (Å²) in [7, 11) is 1.60. The van der Waals surface area contributed by atoms with E-state index in [1.807, 2.05) is 6.92 Å². The summed E-state index contributed by atoms with van der Waals surface area (Å²) in [6, 6.07) is 7.19. The van der Waals surface area contributed by atoms with Crippen molar-refractivity contribution in [3.63, 3.8) is 0 Å². The standard InChI is InChI=1S/C11H13NO3/c1-7-10(15-7)11(13)12-8-3-5-9(14-2)6-4-8/h3-7,10H,1-2H3,(H,12,13)/t7-,10-/m1/s1. The van der Waals surface area contributed by atoms with Crippen LogP contribution in [0.15, 0.2) is 24.3 Å². The van der Waals surface area contributed by atoms with Gasteiger partial charge >= 0.3 is 0 Å². The molecule has 1 aromatic rings. The topological polar surface area (TPSA) is 50.9 Å². The second-order valence-corrected chi connectivity index (χ2v) is 3.48. The molecule has 0 aliphatic carbocycles. The molecule has 4 nitrogen and oxygen atoms in total. The summed E-state index contributed by atoms with van der Waals surface area (Å²) in [6.45, 7) is 1.87. The zero-order valence-electron chi connectivity index (χ0n) is 8.69. The molecule has 1 fully saturated rings. The van der Waals surface area contributed by atoms with Crippen molar-refractivity contribution < 1.29 is 14.3 Å². The maximum Gasteiger partial charge on any atom is 0.256 e. The summed E-state index contributed by atoms with van der Waals surface area (Å²) < 4.78 is 10.1. The number of amides is 1. The van der Waals surface area contributed by atoms with Gasteiger partial charge in [0.15, 0.2) is 6.10 Å². The van der Waals surface area contributed by atoms with Crippen molar-refractivity contribution >= 4 is 11.6 Å². The molecule has 0 saturated carbocycles. The smallest absolute Gasteiger partial charge is 0.256 e. The summed E-state index contributed by atoms with van der Waals surface area (Å²) in [5.74, 6) is 0.678. The van der Waals surface area contributed by atoms with Crippen LogP contribution in [0.5, 0.6) is 5.75 Å². The molecule has 0 bridgehead atoms. The Hall–Kier alpha value is -1.55. The Balaban J connectivity index is 1.95. The zero-order chi connectivity index (χ0) is 10.8. The third-order valence-corrected chi connectivity index (χ3v) is 2.33. The van der Waals surface area contributed by atoms with Crippen LogP contribution in [-0.2, 0) is 9.53 Å². The summed E-state index contributed by atoms with van der Waals surface area (Å²) in [5, 5.41) is 2.77. The number of rotatable bonds is 3. The van der Waals surface area contributed by atoms with Crippen molar-refractivity contribution in [3.8, 4) is 5.75 Å². The second kappa shape index (κ2) is 3.90. The number of carbonyl (C=O) groups is 1. The Morgan fingerprint density at radius 3 is 2.47 bits per heavy atom. The van der Waals surface area contributed by atoms with Gasteiger partial charge in [0.25, 0.3) is 5.91 Å². The van der Waals surface area contributed by atoms with Crippen molar-refractivity contribution in [1.29, 1.82) is 0 Å². The molecule has 0 radical (unpaired) electrons. The van der Waals surface area contributed by atoms with E-state index in [-0.39, 0.29) is 18.1 Å². The van der Waals surface area contributed by atoms with E-state index < -0.39 is 0 Å². The summed E-state index contributed by atoms with van der Waals surface area (Å²) >= 11 is 0. The molecule has 1 N–H and O–H groups in total. The first-order valence-corrected chi connectivity index (χ1v) is 4.81. The van der Waals surface area contributed by atoms with Crippen molar-refractivity contribution in [2.75, 3.05) is 12.4 Å². The molecule has 1 heterocycles. The number of methoxy groups -OCH3 is 1. The third-order valence-electron chi connectivity index (χ3n) is 2.33. The molecule has 0 spiro atoms. The molecule has 2 rings (SSSR count). The van der Waals surface area contributed by atoms with Crippen LogP contribution in [-0.4, -0.2) is 25.2 Å². The fraction of sp³-hybridized carbons (Fsp3) is 0.364. The van der Waals surface area contributed by atoms with Crippen LogP contribution < -0.4 is 10.1 Å². The molecular weight excluding hydrogens is 194 g/mol. The van der Waals surface area contributed by atoms with E-state index in [4.69, 9.17) is 9.47 Å². The van der Waals surface area contributed by atoms with Crippen LogP contribution in [0.25, 0.3) is 0 Å². The molecule has 0 aromatic heterocycles. The lowest BCUT2D eigenvalue weighted by Crippen LogP contribution is -2.19. The number of benzene rings is 1. The molecular formula is C11H13NO3. The maximum absolute atomic E-state index is 11.5. The molecule has 80 valence electrons. The predicted octanol–water partition coefficient (Wildman–Crippen LogP) is 1.42. The molecule has 4 heteroatoms. The van der Waals surface area contributed by atoms with E-state index in [2.05, 4.69) is 5.32 Å². The van der Waals surface area contributed by atoms with Gasteiger partial charge < -0.3 is 14.8 Å². The van der Waals surface area contributed by atoms with Crippen LogP contribution >= 0.6 is 0 Å². The molecule has 0 unspecified atom stereocenters. The van der Waals surface area contributed by atoms with Crippen LogP contribution in [0, 0.1) is 0 Å². The van der Waals surface area contributed by atoms with Gasteiger partial charge in [-0.15, -0.1) is 0 Å². The van der Waals surface area contributed by atoms with Gasteiger partial charge in [-0.3, -0.25) is 4.79 Å². The van der Waals surface area contributed by atoms with Gasteiger partial charge in [0.05, 0.1) is 13.2 Å². The Labute approximate surface area is 88.2 Å². The number of hydrogen-bond donors (Lipinski definition) is 1. The van der Waals surface area contributed by atoms with E-state index in [0.717, 1.165) is 11.4 Å². The summed E-state index contributed by atoms with van der Waals surface area (Å²) in [4.78, 5) is 11.5. The van der Waals surface area contributed by atoms with Gasteiger partial charge in [-0.1, -0.05) is 0 Å². The first-order valence-electron chi connectivity index (χ1n) is 4.81. The number of anilines is 1. The zero-order valence-corrected chi connectivity index (χ0v) is 8.69. The Bertz CT molecular complexity index is 361. The highest BCUT2D eigenvalue weighted by molar-refractivity contribution is 5.96. The number of epoxide rings is 1. The first kappa shape index (κ1) is 9.98. The minimum Gasteiger partial charge on any atom is -0.497 e. The lowest BCUT2D eigenvalue weighted by molar-refractivity contribution is -0.117. The molecule has 2 atom stereocenters. The highest BCUT2D eigenvalue weighted by Gasteiger charge is 2.41. The highest BCUT2D eigenvalue weighted by atomic mass is 16.6. The molecule has 15 heavy (non-hydrogen) atoms. The average Bonchev–Trinajstić information content (AvgIpc) is 2.97. The van der Waals surface area contributed by atoms with Crippen LogP contribution in [0.2, 0.25) is 0 Å². The van der Waals surface area contributed by atoms with E-state index in [9.17, 15) is 4.79 Å². The van der Waals surface area contributed by atoms with E-state index in [0.29, 0.717) is 0 Å². The van der Waals surface area contributed by atoms with E-state index in [1.165, 1.54) is 0 Å². The van der Waals surface area contributed by atoms with Gasteiger partial charge in [0.1, 0.15) is 5.75 Å². The average molecular weight is 207 g/mol. The van der Waals surface area contributed by atoms with Crippen molar-refractivity contribution in [2.24, 2.45) is 0 Å². The molecule has 1 amide bonds. The molecule has 1 aromatic carbocycles. The van der Waals surface area contributed by atoms with E-state index in [1.54, 1.807) is 31.4 Å². The summed E-state index contributed by atoms with van der Waals surface area (Å²) in [5.41, 5.74) is 0.753. The van der Waals surface area contributed by atoms with Crippen molar-refractivity contribution in [2.45, 2.75) is 19.1 Å². The lowest BCUT2D eigenvalue weighted by atomic mass is 10.2. The Morgan fingerprint density at radius 1 is 1.40 bits per heavy atom. The number of carbonyl (C=O) groups excluding carboxylic acids is 1. The summed E-state index contributed by atoms with van der Waals surface area (Å²) in [6.07, 6.45) is -0.240. The Morgan fingerprint density at radius 2 is 2.00 bits per heavy atom. The number of hydrogen-bond acceptors (Lipinski definition) is 3. The number of nitrogens with one attached hydrogen (secondary N) is 1. The van der Waals surface area contributed by atoms with Crippen LogP contribution in [0.3, 0.4) is 0 Å². The fourth-order valence-electron chi connectivity index (χ4n) is 1.35. The monoisotopic (exact) mass is 207 g/mol. The predicted molar refractivity (Wildman–Crippen MR) is 56.0 cm³/mol. The van der Waals surface area contributed by atoms with Crippen LogP contribution in [0.1, 0.15) is 6.92 Å². The lowest BCUT2D eigenvalue weighted by Gasteiger charge is -2.04. The van der Waals surface area contributed by atoms with Gasteiger partial charge in [-0.25, -0.2) is 0 Å². The molecule has 1 aliphatic heterocycles. The first-order chi connectivity index (χ1) is 7.20. The minimum atomic E-state index is -0.285. The van der Waals surface area contributed by atoms with Crippen LogP contribution in [0.4, 0.5) is 5.69 Å². The normalized spacial score (nSPS) is 23.3.